The lowest BCUT2D eigenvalue weighted by molar-refractivity contribution is -0.145. The third-order valence-electron chi connectivity index (χ3n) is 3.56. The van der Waals surface area contributed by atoms with Gasteiger partial charge in [-0.1, -0.05) is 38.1 Å². The number of hydrogen-bond acceptors (Lipinski definition) is 3. The Labute approximate surface area is 114 Å². The first kappa shape index (κ1) is 14.0. The van der Waals surface area contributed by atoms with Crippen LogP contribution < -0.4 is 0 Å². The maximum atomic E-state index is 11.5. The van der Waals surface area contributed by atoms with Gasteiger partial charge in [-0.3, -0.25) is 9.69 Å². The van der Waals surface area contributed by atoms with E-state index in [1.165, 1.54) is 5.56 Å². The Morgan fingerprint density at radius 1 is 1.16 bits per heavy atom. The number of morpholine rings is 1. The van der Waals surface area contributed by atoms with Crippen molar-refractivity contribution in [2.75, 3.05) is 26.3 Å². The van der Waals surface area contributed by atoms with E-state index in [4.69, 9.17) is 4.74 Å². The van der Waals surface area contributed by atoms with Gasteiger partial charge in [-0.2, -0.15) is 0 Å². The van der Waals surface area contributed by atoms with E-state index < -0.39 is 12.0 Å². The van der Waals surface area contributed by atoms with Crippen molar-refractivity contribution in [3.63, 3.8) is 0 Å². The standard InChI is InChI=1S/C15H21NO3/c1-11(2)12-3-5-13(6-4-12)14(15(17)18)16-7-9-19-10-8-16/h3-6,11,14H,7-10H2,1-2H3,(H,17,18)/t14-/m0/s1. The van der Waals surface area contributed by atoms with Crippen LogP contribution in [0.4, 0.5) is 0 Å². The molecule has 1 aliphatic rings. The summed E-state index contributed by atoms with van der Waals surface area (Å²) < 4.78 is 5.28. The molecule has 1 heterocycles. The van der Waals surface area contributed by atoms with Gasteiger partial charge in [-0.15, -0.1) is 0 Å². The highest BCUT2D eigenvalue weighted by Gasteiger charge is 2.28. The second-order valence-corrected chi connectivity index (χ2v) is 5.21. The van der Waals surface area contributed by atoms with Gasteiger partial charge in [0.15, 0.2) is 0 Å². The van der Waals surface area contributed by atoms with Gasteiger partial charge in [0.25, 0.3) is 0 Å². The van der Waals surface area contributed by atoms with Crippen molar-refractivity contribution in [2.24, 2.45) is 0 Å². The Hall–Kier alpha value is -1.39. The van der Waals surface area contributed by atoms with Gasteiger partial charge in [-0.05, 0) is 17.0 Å². The fourth-order valence-corrected chi connectivity index (χ4v) is 2.41. The first-order chi connectivity index (χ1) is 9.09. The topological polar surface area (TPSA) is 49.8 Å². The molecule has 0 unspecified atom stereocenters. The molecule has 4 heteroatoms. The van der Waals surface area contributed by atoms with Crippen LogP contribution in [0.1, 0.15) is 36.9 Å². The number of carboxylic acid groups (broad SMARTS) is 1. The molecular formula is C15H21NO3. The molecule has 1 aliphatic heterocycles. The number of carbonyl (C=O) groups is 1. The largest absolute Gasteiger partial charge is 0.480 e. The van der Waals surface area contributed by atoms with E-state index in [0.29, 0.717) is 32.2 Å². The number of aliphatic carboxylic acids is 1. The van der Waals surface area contributed by atoms with Crippen LogP contribution in [-0.4, -0.2) is 42.3 Å². The quantitative estimate of drug-likeness (QED) is 0.905. The molecule has 1 atom stereocenters. The summed E-state index contributed by atoms with van der Waals surface area (Å²) in [5, 5.41) is 9.47. The van der Waals surface area contributed by atoms with Crippen LogP contribution in [0.15, 0.2) is 24.3 Å². The van der Waals surface area contributed by atoms with Crippen LogP contribution in [0.2, 0.25) is 0 Å². The molecule has 0 aromatic heterocycles. The van der Waals surface area contributed by atoms with E-state index in [-0.39, 0.29) is 0 Å². The van der Waals surface area contributed by atoms with Gasteiger partial charge in [0, 0.05) is 13.1 Å². The third-order valence-corrected chi connectivity index (χ3v) is 3.56. The first-order valence-electron chi connectivity index (χ1n) is 6.74. The van der Waals surface area contributed by atoms with Crippen LogP contribution in [0.25, 0.3) is 0 Å². The van der Waals surface area contributed by atoms with Gasteiger partial charge in [-0.25, -0.2) is 0 Å². The van der Waals surface area contributed by atoms with E-state index in [9.17, 15) is 9.90 Å². The van der Waals surface area contributed by atoms with Crippen molar-refractivity contribution in [1.82, 2.24) is 4.90 Å². The fraction of sp³-hybridized carbons (Fsp3) is 0.533. The summed E-state index contributed by atoms with van der Waals surface area (Å²) in [4.78, 5) is 13.5. The van der Waals surface area contributed by atoms with E-state index in [1.54, 1.807) is 0 Å². The van der Waals surface area contributed by atoms with Gasteiger partial charge >= 0.3 is 5.97 Å². The Balaban J connectivity index is 2.20. The highest BCUT2D eigenvalue weighted by atomic mass is 16.5. The first-order valence-corrected chi connectivity index (χ1v) is 6.74. The average Bonchev–Trinajstić information content (AvgIpc) is 2.40. The van der Waals surface area contributed by atoms with Gasteiger partial charge in [0.1, 0.15) is 6.04 Å². The highest BCUT2D eigenvalue weighted by molar-refractivity contribution is 5.75. The second-order valence-electron chi connectivity index (χ2n) is 5.21. The van der Waals surface area contributed by atoms with E-state index in [2.05, 4.69) is 13.8 Å². The van der Waals surface area contributed by atoms with Crippen LogP contribution >= 0.6 is 0 Å². The molecule has 104 valence electrons. The minimum Gasteiger partial charge on any atom is -0.480 e. The zero-order valence-electron chi connectivity index (χ0n) is 11.5. The summed E-state index contributed by atoms with van der Waals surface area (Å²) in [6.07, 6.45) is 0. The molecule has 1 saturated heterocycles. The molecule has 4 nitrogen and oxygen atoms in total. The molecule has 1 fully saturated rings. The number of carboxylic acids is 1. The normalized spacial score (nSPS) is 18.5. The van der Waals surface area contributed by atoms with E-state index in [1.807, 2.05) is 29.2 Å². The summed E-state index contributed by atoms with van der Waals surface area (Å²) >= 11 is 0. The van der Waals surface area contributed by atoms with Crippen LogP contribution in [0, 0.1) is 0 Å². The molecule has 0 saturated carbocycles. The Morgan fingerprint density at radius 2 is 1.68 bits per heavy atom. The third kappa shape index (κ3) is 3.33. The van der Waals surface area contributed by atoms with Crippen LogP contribution in [0.5, 0.6) is 0 Å². The average molecular weight is 263 g/mol. The van der Waals surface area contributed by atoms with Crippen molar-refractivity contribution >= 4 is 5.97 Å². The second kappa shape index (κ2) is 6.17. The highest BCUT2D eigenvalue weighted by Crippen LogP contribution is 2.24. The summed E-state index contributed by atoms with van der Waals surface area (Å²) in [6, 6.07) is 7.35. The maximum absolute atomic E-state index is 11.5. The molecule has 1 aromatic carbocycles. The van der Waals surface area contributed by atoms with Gasteiger partial charge in [0.2, 0.25) is 0 Å². The Kier molecular flexibility index (Phi) is 4.56. The molecule has 0 spiro atoms. The number of nitrogens with zero attached hydrogens (tertiary/aromatic N) is 1. The summed E-state index contributed by atoms with van der Waals surface area (Å²) in [6.45, 7) is 6.81. The SMILES string of the molecule is CC(C)c1ccc([C@@H](C(=O)O)N2CCOCC2)cc1. The lowest BCUT2D eigenvalue weighted by Crippen LogP contribution is -2.42. The predicted octanol–water partition coefficient (Wildman–Crippen LogP) is 2.27. The number of benzene rings is 1. The summed E-state index contributed by atoms with van der Waals surface area (Å²) in [7, 11) is 0. The Morgan fingerprint density at radius 3 is 2.16 bits per heavy atom. The molecule has 2 rings (SSSR count). The van der Waals surface area contributed by atoms with Crippen molar-refractivity contribution in [2.45, 2.75) is 25.8 Å². The zero-order valence-corrected chi connectivity index (χ0v) is 11.5. The smallest absolute Gasteiger partial charge is 0.325 e. The van der Waals surface area contributed by atoms with Gasteiger partial charge in [0.05, 0.1) is 13.2 Å². The van der Waals surface area contributed by atoms with Crippen molar-refractivity contribution < 1.29 is 14.6 Å². The number of ether oxygens (including phenoxy) is 1. The molecule has 19 heavy (non-hydrogen) atoms. The minimum absolute atomic E-state index is 0.459. The Bertz CT molecular complexity index is 422. The van der Waals surface area contributed by atoms with Crippen molar-refractivity contribution in [3.8, 4) is 0 Å². The molecule has 1 N–H and O–H groups in total. The molecule has 0 bridgehead atoms. The molecule has 0 aliphatic carbocycles. The maximum Gasteiger partial charge on any atom is 0.325 e. The van der Waals surface area contributed by atoms with Gasteiger partial charge < -0.3 is 9.84 Å². The summed E-state index contributed by atoms with van der Waals surface area (Å²) in [5.74, 6) is -0.333. The monoisotopic (exact) mass is 263 g/mol. The molecule has 0 radical (unpaired) electrons. The number of hydrogen-bond donors (Lipinski definition) is 1. The van der Waals surface area contributed by atoms with Crippen LogP contribution in [-0.2, 0) is 9.53 Å². The predicted molar refractivity (Wildman–Crippen MR) is 73.3 cm³/mol. The van der Waals surface area contributed by atoms with Crippen molar-refractivity contribution in [1.29, 1.82) is 0 Å². The lowest BCUT2D eigenvalue weighted by Gasteiger charge is -2.32. The van der Waals surface area contributed by atoms with Crippen LogP contribution in [0.3, 0.4) is 0 Å². The van der Waals surface area contributed by atoms with E-state index >= 15 is 0 Å². The number of rotatable bonds is 4. The fourth-order valence-electron chi connectivity index (χ4n) is 2.41. The zero-order chi connectivity index (χ0) is 13.8. The molecule has 0 amide bonds. The molecule has 1 aromatic rings. The minimum atomic E-state index is -0.792. The van der Waals surface area contributed by atoms with Crippen molar-refractivity contribution in [3.05, 3.63) is 35.4 Å². The van der Waals surface area contributed by atoms with E-state index in [0.717, 1.165) is 5.56 Å². The summed E-state index contributed by atoms with van der Waals surface area (Å²) in [5.41, 5.74) is 2.08. The lowest BCUT2D eigenvalue weighted by atomic mass is 9.98. The molecular weight excluding hydrogens is 242 g/mol.